The highest BCUT2D eigenvalue weighted by Gasteiger charge is 2.41. The van der Waals surface area contributed by atoms with Crippen molar-refractivity contribution in [2.24, 2.45) is 0 Å². The van der Waals surface area contributed by atoms with E-state index in [2.05, 4.69) is 4.57 Å². The summed E-state index contributed by atoms with van der Waals surface area (Å²) in [4.78, 5) is 32.3. The molecule has 1 atom stereocenters. The Bertz CT molecular complexity index is 1820. The zero-order valence-electron chi connectivity index (χ0n) is 23.6. The lowest BCUT2D eigenvalue weighted by molar-refractivity contribution is -0.119. The van der Waals surface area contributed by atoms with Gasteiger partial charge in [-0.05, 0) is 72.1 Å². The summed E-state index contributed by atoms with van der Waals surface area (Å²) in [7, 11) is 3.25. The second-order valence-corrected chi connectivity index (χ2v) is 10.8. The maximum atomic E-state index is 14.6. The van der Waals surface area contributed by atoms with E-state index in [9.17, 15) is 9.59 Å². The van der Waals surface area contributed by atoms with Crippen molar-refractivity contribution in [1.29, 1.82) is 0 Å². The summed E-state index contributed by atoms with van der Waals surface area (Å²) in [5.74, 6) is 1.04. The Morgan fingerprint density at radius 1 is 0.833 bits per heavy atom. The quantitative estimate of drug-likeness (QED) is 0.233. The number of carbonyl (C=O) groups excluding carboxylic acids is 2. The molecule has 7 heteroatoms. The number of carbonyl (C=O) groups is 2. The van der Waals surface area contributed by atoms with Crippen LogP contribution in [-0.4, -0.2) is 48.1 Å². The number of nitrogens with zero attached hydrogens (tertiary/aromatic N) is 3. The van der Waals surface area contributed by atoms with E-state index in [1.807, 2.05) is 108 Å². The topological polar surface area (TPSA) is 64.0 Å². The molecule has 4 aromatic carbocycles. The number of rotatable bonds is 7. The molecule has 7 rings (SSSR count). The van der Waals surface area contributed by atoms with Gasteiger partial charge in [0.05, 0.1) is 31.3 Å². The number of anilines is 1. The van der Waals surface area contributed by atoms with Crippen LogP contribution in [0.15, 0.2) is 103 Å². The first-order valence-corrected chi connectivity index (χ1v) is 14.2. The highest BCUT2D eigenvalue weighted by molar-refractivity contribution is 6.09. The Morgan fingerprint density at radius 2 is 1.60 bits per heavy atom. The van der Waals surface area contributed by atoms with Gasteiger partial charge in [-0.3, -0.25) is 14.5 Å². The highest BCUT2D eigenvalue weighted by atomic mass is 16.5. The molecule has 2 heterocycles. The Hall–Kier alpha value is -5.04. The van der Waals surface area contributed by atoms with E-state index in [0.29, 0.717) is 17.1 Å². The minimum atomic E-state index is -0.499. The molecule has 1 aliphatic carbocycles. The number of hydrogen-bond donors (Lipinski definition) is 0. The number of methoxy groups -OCH3 is 2. The molecule has 1 saturated carbocycles. The van der Waals surface area contributed by atoms with E-state index in [4.69, 9.17) is 9.47 Å². The minimum absolute atomic E-state index is 0.0362. The van der Waals surface area contributed by atoms with Crippen LogP contribution in [0.4, 0.5) is 5.69 Å². The monoisotopic (exact) mass is 557 g/mol. The molecule has 0 spiro atoms. The molecule has 42 heavy (non-hydrogen) atoms. The molecule has 1 fully saturated rings. The number of para-hydroxylation sites is 2. The van der Waals surface area contributed by atoms with E-state index >= 15 is 0 Å². The molecule has 0 radical (unpaired) electrons. The molecule has 5 aromatic rings. The Labute approximate surface area is 244 Å². The lowest BCUT2D eigenvalue weighted by Crippen LogP contribution is -2.47. The third-order valence-electron chi connectivity index (χ3n) is 8.29. The van der Waals surface area contributed by atoms with Gasteiger partial charge in [-0.1, -0.05) is 48.5 Å². The number of aromatic nitrogens is 1. The Kier molecular flexibility index (Phi) is 6.42. The smallest absolute Gasteiger partial charge is 0.255 e. The van der Waals surface area contributed by atoms with Crippen molar-refractivity contribution in [3.05, 3.63) is 120 Å². The first-order valence-electron chi connectivity index (χ1n) is 14.2. The summed E-state index contributed by atoms with van der Waals surface area (Å²) >= 11 is 0. The van der Waals surface area contributed by atoms with Crippen LogP contribution >= 0.6 is 0 Å². The zero-order valence-corrected chi connectivity index (χ0v) is 23.6. The largest absolute Gasteiger partial charge is 0.497 e. The fourth-order valence-electron chi connectivity index (χ4n) is 6.15. The number of ether oxygens (including phenoxy) is 2. The second-order valence-electron chi connectivity index (χ2n) is 10.8. The summed E-state index contributed by atoms with van der Waals surface area (Å²) in [6.07, 6.45) is 3.78. The van der Waals surface area contributed by atoms with Crippen LogP contribution < -0.4 is 14.4 Å². The third kappa shape index (κ3) is 4.29. The number of amides is 2. The molecule has 1 aromatic heterocycles. The van der Waals surface area contributed by atoms with Crippen molar-refractivity contribution in [2.45, 2.75) is 24.9 Å². The predicted octanol–water partition coefficient (Wildman–Crippen LogP) is 6.39. The Balaban J connectivity index is 1.33. The van der Waals surface area contributed by atoms with Crippen molar-refractivity contribution in [3.8, 4) is 17.2 Å². The molecular formula is C35H31N3O4. The van der Waals surface area contributed by atoms with Gasteiger partial charge in [0.25, 0.3) is 5.91 Å². The van der Waals surface area contributed by atoms with E-state index in [1.54, 1.807) is 19.1 Å². The van der Waals surface area contributed by atoms with Crippen LogP contribution in [0.2, 0.25) is 0 Å². The average molecular weight is 558 g/mol. The van der Waals surface area contributed by atoms with Crippen molar-refractivity contribution in [2.75, 3.05) is 25.7 Å². The standard InChI is InChI=1S/C35H31N3O4/c1-41-25-18-19-32(42-2)28(21-25)34-31-15-8-20-36(31)29-13-5-6-14-30(29)38(34)33(39)22-37(24-16-17-24)35(40)27-12-7-10-23-9-3-4-11-26(23)27/h3-15,18-21,24,34H,16-17,22H2,1-2H3. The van der Waals surface area contributed by atoms with Crippen molar-refractivity contribution >= 4 is 28.3 Å². The van der Waals surface area contributed by atoms with Gasteiger partial charge in [0.1, 0.15) is 24.1 Å². The van der Waals surface area contributed by atoms with E-state index in [0.717, 1.165) is 46.2 Å². The second kappa shape index (κ2) is 10.4. The SMILES string of the molecule is COc1ccc(OC)c(C2c3cccn3-c3ccccc3N2C(=O)CN(C(=O)c2cccc3ccccc23)C2CC2)c1. The molecule has 0 saturated heterocycles. The van der Waals surface area contributed by atoms with Crippen molar-refractivity contribution in [3.63, 3.8) is 0 Å². The number of fused-ring (bicyclic) bond motifs is 4. The zero-order chi connectivity index (χ0) is 28.8. The minimum Gasteiger partial charge on any atom is -0.497 e. The molecule has 210 valence electrons. The predicted molar refractivity (Wildman–Crippen MR) is 163 cm³/mol. The van der Waals surface area contributed by atoms with Gasteiger partial charge in [-0.15, -0.1) is 0 Å². The van der Waals surface area contributed by atoms with Crippen LogP contribution in [0, 0.1) is 0 Å². The molecule has 1 unspecified atom stereocenters. The molecule has 1 aliphatic heterocycles. The van der Waals surface area contributed by atoms with Gasteiger partial charge in [0.2, 0.25) is 5.91 Å². The van der Waals surface area contributed by atoms with Crippen LogP contribution in [0.3, 0.4) is 0 Å². The maximum absolute atomic E-state index is 14.6. The number of hydrogen-bond acceptors (Lipinski definition) is 4. The van der Waals surface area contributed by atoms with Gasteiger partial charge in [-0.25, -0.2) is 0 Å². The third-order valence-corrected chi connectivity index (χ3v) is 8.29. The average Bonchev–Trinajstić information content (AvgIpc) is 3.76. The van der Waals surface area contributed by atoms with Crippen LogP contribution in [-0.2, 0) is 4.79 Å². The molecule has 0 bridgehead atoms. The van der Waals surface area contributed by atoms with Gasteiger partial charge < -0.3 is 18.9 Å². The summed E-state index contributed by atoms with van der Waals surface area (Å²) in [5.41, 5.74) is 4.02. The number of benzene rings is 4. The molecular weight excluding hydrogens is 526 g/mol. The van der Waals surface area contributed by atoms with Crippen LogP contribution in [0.1, 0.15) is 40.5 Å². The van der Waals surface area contributed by atoms with Crippen LogP contribution in [0.25, 0.3) is 16.5 Å². The summed E-state index contributed by atoms with van der Waals surface area (Å²) in [5, 5.41) is 1.89. The maximum Gasteiger partial charge on any atom is 0.255 e. The van der Waals surface area contributed by atoms with Gasteiger partial charge in [0, 0.05) is 23.4 Å². The van der Waals surface area contributed by atoms with Crippen LogP contribution in [0.5, 0.6) is 11.5 Å². The van der Waals surface area contributed by atoms with Crippen molar-refractivity contribution in [1.82, 2.24) is 9.47 Å². The fraction of sp³-hybridized carbons (Fsp3) is 0.200. The van der Waals surface area contributed by atoms with Gasteiger partial charge >= 0.3 is 0 Å². The van der Waals surface area contributed by atoms with E-state index in [-0.39, 0.29) is 24.4 Å². The molecule has 2 aliphatic rings. The normalized spacial score (nSPS) is 15.6. The lowest BCUT2D eigenvalue weighted by Gasteiger charge is -2.40. The lowest BCUT2D eigenvalue weighted by atomic mass is 9.96. The van der Waals surface area contributed by atoms with Crippen molar-refractivity contribution < 1.29 is 19.1 Å². The molecule has 0 N–H and O–H groups in total. The fourth-order valence-corrected chi connectivity index (χ4v) is 6.15. The molecule has 7 nitrogen and oxygen atoms in total. The Morgan fingerprint density at radius 3 is 2.38 bits per heavy atom. The van der Waals surface area contributed by atoms with Gasteiger partial charge in [0.15, 0.2) is 0 Å². The first-order chi connectivity index (χ1) is 20.6. The van der Waals surface area contributed by atoms with E-state index < -0.39 is 6.04 Å². The van der Waals surface area contributed by atoms with E-state index in [1.165, 1.54) is 0 Å². The highest BCUT2D eigenvalue weighted by Crippen LogP contribution is 2.46. The van der Waals surface area contributed by atoms with Gasteiger partial charge in [-0.2, -0.15) is 0 Å². The summed E-state index contributed by atoms with van der Waals surface area (Å²) in [6.45, 7) is -0.0372. The summed E-state index contributed by atoms with van der Waals surface area (Å²) in [6, 6.07) is 30.7. The first kappa shape index (κ1) is 25.9. The summed E-state index contributed by atoms with van der Waals surface area (Å²) < 4.78 is 13.5. The molecule has 2 amide bonds.